The number of ether oxygens (including phenoxy) is 1. The van der Waals surface area contributed by atoms with Crippen molar-refractivity contribution in [1.29, 1.82) is 0 Å². The first-order valence-electron chi connectivity index (χ1n) is 11.0. The second kappa shape index (κ2) is 11.6. The molecule has 0 bridgehead atoms. The summed E-state index contributed by atoms with van der Waals surface area (Å²) in [5, 5.41) is 10.5. The number of hydrogen-bond acceptors (Lipinski definition) is 5. The van der Waals surface area contributed by atoms with Crippen LogP contribution in [0.3, 0.4) is 0 Å². The van der Waals surface area contributed by atoms with Gasteiger partial charge in [0.05, 0.1) is 12.7 Å². The minimum atomic E-state index is -0.529. The zero-order chi connectivity index (χ0) is 22.1. The molecule has 6 nitrogen and oxygen atoms in total. The van der Waals surface area contributed by atoms with E-state index in [0.29, 0.717) is 50.1 Å². The number of benzene rings is 2. The van der Waals surface area contributed by atoms with Crippen LogP contribution >= 0.6 is 0 Å². The lowest BCUT2D eigenvalue weighted by molar-refractivity contribution is -0.118. The van der Waals surface area contributed by atoms with E-state index in [2.05, 4.69) is 29.2 Å². The highest BCUT2D eigenvalue weighted by molar-refractivity contribution is 5.96. The number of aliphatic hydroxyl groups is 1. The summed E-state index contributed by atoms with van der Waals surface area (Å²) in [7, 11) is 0. The van der Waals surface area contributed by atoms with Crippen molar-refractivity contribution < 1.29 is 19.4 Å². The Labute approximate surface area is 184 Å². The number of nitrogens with zero attached hydrogens (tertiary/aromatic N) is 1. The first-order chi connectivity index (χ1) is 15.0. The van der Waals surface area contributed by atoms with Gasteiger partial charge in [0.25, 0.3) is 0 Å². The van der Waals surface area contributed by atoms with Crippen LogP contribution in [-0.2, 0) is 17.8 Å². The maximum absolute atomic E-state index is 12.6. The summed E-state index contributed by atoms with van der Waals surface area (Å²) in [4.78, 5) is 25.6. The van der Waals surface area contributed by atoms with Crippen molar-refractivity contribution in [3.8, 4) is 5.75 Å². The predicted octanol–water partition coefficient (Wildman–Crippen LogP) is 3.10. The van der Waals surface area contributed by atoms with Crippen molar-refractivity contribution >= 4 is 11.7 Å². The van der Waals surface area contributed by atoms with Gasteiger partial charge in [0.1, 0.15) is 5.75 Å². The van der Waals surface area contributed by atoms with E-state index in [1.54, 1.807) is 18.2 Å². The minimum absolute atomic E-state index is 0.00205. The standard InChI is InChI=1S/C25H32N2O4/c26-25(30)10-3-4-15-31-23-9-5-8-20(16-23)24(29)12-11-22(28)18-27-14-13-19-6-1-2-7-21(19)17-27/h1-2,5-9,16,22,28H,3-4,10-15,17-18H2,(H2,26,30). The van der Waals surface area contributed by atoms with Crippen molar-refractivity contribution in [2.45, 2.75) is 51.2 Å². The highest BCUT2D eigenvalue weighted by atomic mass is 16.5. The molecule has 1 aliphatic heterocycles. The van der Waals surface area contributed by atoms with E-state index in [1.807, 2.05) is 6.07 Å². The number of nitrogens with two attached hydrogens (primary N) is 1. The number of ketones is 1. The summed E-state index contributed by atoms with van der Waals surface area (Å²) in [5.41, 5.74) is 8.42. The summed E-state index contributed by atoms with van der Waals surface area (Å²) in [6.45, 7) is 2.83. The molecule has 166 valence electrons. The van der Waals surface area contributed by atoms with Gasteiger partial charge in [0, 0.05) is 38.0 Å². The monoisotopic (exact) mass is 424 g/mol. The molecule has 0 fully saturated rings. The Kier molecular flexibility index (Phi) is 8.62. The average molecular weight is 425 g/mol. The van der Waals surface area contributed by atoms with Crippen LogP contribution < -0.4 is 10.5 Å². The van der Waals surface area contributed by atoms with Crippen molar-refractivity contribution in [3.63, 3.8) is 0 Å². The molecule has 3 rings (SSSR count). The van der Waals surface area contributed by atoms with E-state index in [-0.39, 0.29) is 11.7 Å². The van der Waals surface area contributed by atoms with Crippen molar-refractivity contribution in [2.24, 2.45) is 5.73 Å². The number of carbonyl (C=O) groups is 2. The summed E-state index contributed by atoms with van der Waals surface area (Å²) in [6, 6.07) is 15.6. The molecule has 1 heterocycles. The van der Waals surface area contributed by atoms with E-state index in [4.69, 9.17) is 10.5 Å². The lowest BCUT2D eigenvalue weighted by Crippen LogP contribution is -2.36. The average Bonchev–Trinajstić information content (AvgIpc) is 2.77. The molecule has 2 aromatic rings. The van der Waals surface area contributed by atoms with E-state index < -0.39 is 6.10 Å². The van der Waals surface area contributed by atoms with Crippen LogP contribution in [0.5, 0.6) is 5.75 Å². The van der Waals surface area contributed by atoms with Gasteiger partial charge in [-0.05, 0) is 48.9 Å². The number of primary amides is 1. The fourth-order valence-electron chi connectivity index (χ4n) is 3.89. The number of hydrogen-bond donors (Lipinski definition) is 2. The van der Waals surface area contributed by atoms with Crippen LogP contribution in [-0.4, -0.2) is 47.5 Å². The smallest absolute Gasteiger partial charge is 0.217 e. The highest BCUT2D eigenvalue weighted by Crippen LogP contribution is 2.20. The summed E-state index contributed by atoms with van der Waals surface area (Å²) >= 11 is 0. The van der Waals surface area contributed by atoms with Crippen molar-refractivity contribution in [3.05, 3.63) is 65.2 Å². The second-order valence-electron chi connectivity index (χ2n) is 8.17. The van der Waals surface area contributed by atoms with Gasteiger partial charge in [-0.1, -0.05) is 36.4 Å². The van der Waals surface area contributed by atoms with Gasteiger partial charge in [-0.15, -0.1) is 0 Å². The lowest BCUT2D eigenvalue weighted by Gasteiger charge is -2.30. The quantitative estimate of drug-likeness (QED) is 0.403. The number of aliphatic hydroxyl groups excluding tert-OH is 1. The molecule has 2 aromatic carbocycles. The third-order valence-corrected chi connectivity index (χ3v) is 5.63. The SMILES string of the molecule is NC(=O)CCCCOc1cccc(C(=O)CCC(O)CN2CCc3ccccc3C2)c1. The van der Waals surface area contributed by atoms with E-state index in [9.17, 15) is 14.7 Å². The van der Waals surface area contributed by atoms with Gasteiger partial charge in [-0.2, -0.15) is 0 Å². The Bertz CT molecular complexity index is 883. The maximum Gasteiger partial charge on any atom is 0.217 e. The number of rotatable bonds is 12. The van der Waals surface area contributed by atoms with Gasteiger partial charge in [0.15, 0.2) is 5.78 Å². The molecular weight excluding hydrogens is 392 g/mol. The first-order valence-corrected chi connectivity index (χ1v) is 11.0. The van der Waals surface area contributed by atoms with E-state index in [0.717, 1.165) is 25.9 Å². The maximum atomic E-state index is 12.6. The molecule has 6 heteroatoms. The molecule has 31 heavy (non-hydrogen) atoms. The Morgan fingerprint density at radius 1 is 1.06 bits per heavy atom. The topological polar surface area (TPSA) is 92.9 Å². The zero-order valence-electron chi connectivity index (χ0n) is 18.0. The molecule has 1 unspecified atom stereocenters. The number of carbonyl (C=O) groups excluding carboxylic acids is 2. The first kappa shape index (κ1) is 23.0. The van der Waals surface area contributed by atoms with Gasteiger partial charge < -0.3 is 15.6 Å². The third-order valence-electron chi connectivity index (χ3n) is 5.63. The Morgan fingerprint density at radius 2 is 1.87 bits per heavy atom. The molecule has 0 saturated heterocycles. The molecule has 1 amide bonds. The molecule has 0 aliphatic carbocycles. The fraction of sp³-hybridized carbons (Fsp3) is 0.440. The van der Waals surface area contributed by atoms with E-state index >= 15 is 0 Å². The van der Waals surface area contributed by atoms with E-state index in [1.165, 1.54) is 11.1 Å². The Morgan fingerprint density at radius 3 is 2.68 bits per heavy atom. The Hall–Kier alpha value is -2.70. The van der Waals surface area contributed by atoms with Crippen LogP contribution in [0.2, 0.25) is 0 Å². The van der Waals surface area contributed by atoms with Gasteiger partial charge >= 0.3 is 0 Å². The van der Waals surface area contributed by atoms with Gasteiger partial charge in [-0.3, -0.25) is 14.5 Å². The van der Waals surface area contributed by atoms with Gasteiger partial charge in [0.2, 0.25) is 5.91 Å². The third kappa shape index (κ3) is 7.49. The molecule has 0 aromatic heterocycles. The number of Topliss-reactive ketones (excluding diaryl/α,β-unsaturated/α-hetero) is 1. The number of amides is 1. The fourth-order valence-corrected chi connectivity index (χ4v) is 3.89. The van der Waals surface area contributed by atoms with Crippen molar-refractivity contribution in [2.75, 3.05) is 19.7 Å². The number of unbranched alkanes of at least 4 members (excludes halogenated alkanes) is 1. The van der Waals surface area contributed by atoms with Crippen molar-refractivity contribution in [1.82, 2.24) is 4.90 Å². The lowest BCUT2D eigenvalue weighted by atomic mass is 9.99. The normalized spacial score (nSPS) is 14.6. The largest absolute Gasteiger partial charge is 0.494 e. The predicted molar refractivity (Wildman–Crippen MR) is 120 cm³/mol. The number of β-amino-alcohol motifs (C(OH)–C–C–N with tert-alkyl or cyclic N) is 1. The molecule has 0 spiro atoms. The van der Waals surface area contributed by atoms with Gasteiger partial charge in [-0.25, -0.2) is 0 Å². The van der Waals surface area contributed by atoms with Crippen LogP contribution in [0.4, 0.5) is 0 Å². The second-order valence-corrected chi connectivity index (χ2v) is 8.17. The summed E-state index contributed by atoms with van der Waals surface area (Å²) < 4.78 is 5.67. The molecule has 3 N–H and O–H groups in total. The molecular formula is C25H32N2O4. The molecule has 1 aliphatic rings. The summed E-state index contributed by atoms with van der Waals surface area (Å²) in [6.07, 6.45) is 2.98. The molecule has 0 saturated carbocycles. The van der Waals surface area contributed by atoms with Crippen LogP contribution in [0.25, 0.3) is 0 Å². The minimum Gasteiger partial charge on any atom is -0.494 e. The van der Waals surface area contributed by atoms with Crippen LogP contribution in [0.15, 0.2) is 48.5 Å². The highest BCUT2D eigenvalue weighted by Gasteiger charge is 2.19. The number of fused-ring (bicyclic) bond motifs is 1. The van der Waals surface area contributed by atoms with Crippen LogP contribution in [0.1, 0.15) is 53.6 Å². The van der Waals surface area contributed by atoms with Crippen LogP contribution in [0, 0.1) is 0 Å². The molecule has 0 radical (unpaired) electrons. The molecule has 1 atom stereocenters. The Balaban J connectivity index is 1.40. The summed E-state index contributed by atoms with van der Waals surface area (Å²) in [5.74, 6) is 0.333. The zero-order valence-corrected chi connectivity index (χ0v) is 18.0.